The summed E-state index contributed by atoms with van der Waals surface area (Å²) in [7, 11) is 3.26. The molecule has 2 N–H and O–H groups in total. The van der Waals surface area contributed by atoms with E-state index in [1.807, 2.05) is 22.8 Å². The number of benzene rings is 1. The number of hydrogen-bond acceptors (Lipinski definition) is 8. The van der Waals surface area contributed by atoms with Crippen LogP contribution in [0.15, 0.2) is 34.6 Å². The lowest BCUT2D eigenvalue weighted by Gasteiger charge is -2.25. The summed E-state index contributed by atoms with van der Waals surface area (Å²) < 4.78 is 18.4. The number of imidazole rings is 1. The monoisotopic (exact) mass is 387 g/mol. The molecule has 0 spiro atoms. The number of nitrogens with two attached hydrogens (primary N) is 1. The lowest BCUT2D eigenvalue weighted by atomic mass is 10.1. The Morgan fingerprint density at radius 1 is 1.26 bits per heavy atom. The molecule has 3 aliphatic heterocycles. The molecule has 0 aliphatic carbocycles. The number of anilines is 1. The average molecular weight is 387 g/mol. The molecule has 1 saturated heterocycles. The minimum atomic E-state index is 0.190. The van der Waals surface area contributed by atoms with E-state index in [1.54, 1.807) is 20.5 Å². The van der Waals surface area contributed by atoms with Crippen molar-refractivity contribution in [3.63, 3.8) is 0 Å². The number of aromatic nitrogens is 4. The van der Waals surface area contributed by atoms with E-state index in [2.05, 4.69) is 9.97 Å². The van der Waals surface area contributed by atoms with Crippen LogP contribution < -0.4 is 15.2 Å². The van der Waals surface area contributed by atoms with Gasteiger partial charge in [-0.2, -0.15) is 0 Å². The highest BCUT2D eigenvalue weighted by Crippen LogP contribution is 2.39. The van der Waals surface area contributed by atoms with Gasteiger partial charge in [-0.1, -0.05) is 0 Å². The second-order valence-corrected chi connectivity index (χ2v) is 7.21. The summed E-state index contributed by atoms with van der Waals surface area (Å²) in [4.78, 5) is 14.5. The zero-order valence-corrected chi connectivity index (χ0v) is 16.0. The Morgan fingerprint density at radius 3 is 2.89 bits per heavy atom. The number of nitrogen functional groups attached to an aromatic ring is 1. The van der Waals surface area contributed by atoms with Crippen molar-refractivity contribution in [3.05, 3.63) is 24.5 Å². The summed E-state index contributed by atoms with van der Waals surface area (Å²) in [5.41, 5.74) is 6.66. The highest BCUT2D eigenvalue weighted by molar-refractivity contribution is 7.99. The third-order valence-electron chi connectivity index (χ3n) is 4.53. The van der Waals surface area contributed by atoms with Crippen molar-refractivity contribution < 1.29 is 14.2 Å². The largest absolute Gasteiger partial charge is 0.497 e. The van der Waals surface area contributed by atoms with Crippen molar-refractivity contribution >= 4 is 17.6 Å². The fourth-order valence-corrected chi connectivity index (χ4v) is 4.02. The first-order valence-corrected chi connectivity index (χ1v) is 9.49. The Bertz CT molecular complexity index is 910. The van der Waals surface area contributed by atoms with Crippen LogP contribution in [0.1, 0.15) is 18.9 Å². The fraction of sp³-hybridized carbons (Fsp3) is 0.389. The summed E-state index contributed by atoms with van der Waals surface area (Å²) in [6.07, 6.45) is 3.76. The van der Waals surface area contributed by atoms with Crippen molar-refractivity contribution in [2.75, 3.05) is 33.2 Å². The normalized spacial score (nSPS) is 17.2. The molecule has 1 aromatic carbocycles. The van der Waals surface area contributed by atoms with Crippen LogP contribution in [0.25, 0.3) is 11.5 Å². The standard InChI is InChI=1S/C18H21N5O3S/c1-24-12-5-6-13(25-2)14(8-12)27-18-21-15-16(19)20-10-23(17(15)22-18)11-4-3-7-26-9-11/h5-6,8,10-11H,3-4,7,9,19H2,1-2H3. The van der Waals surface area contributed by atoms with Gasteiger partial charge in [0.1, 0.15) is 11.5 Å². The summed E-state index contributed by atoms with van der Waals surface area (Å²) in [5, 5.41) is 0.585. The number of rotatable bonds is 5. The zero-order chi connectivity index (χ0) is 18.8. The van der Waals surface area contributed by atoms with Gasteiger partial charge in [0.15, 0.2) is 22.5 Å². The Kier molecular flexibility index (Phi) is 5.04. The average Bonchev–Trinajstić information content (AvgIpc) is 3.13. The Balaban J connectivity index is 1.71. The first-order chi connectivity index (χ1) is 13.2. The number of hydrogen-bond donors (Lipinski definition) is 1. The minimum absolute atomic E-state index is 0.190. The van der Waals surface area contributed by atoms with Crippen molar-refractivity contribution in [3.8, 4) is 23.0 Å². The molecular formula is C18H21N5O3S. The highest BCUT2D eigenvalue weighted by Gasteiger charge is 2.25. The molecule has 1 aromatic rings. The number of nitrogens with zero attached hydrogens (tertiary/aromatic N) is 4. The zero-order valence-electron chi connectivity index (χ0n) is 15.2. The van der Waals surface area contributed by atoms with Crippen molar-refractivity contribution in [2.45, 2.75) is 28.9 Å². The first-order valence-electron chi connectivity index (χ1n) is 8.67. The molecule has 8 nitrogen and oxygen atoms in total. The summed E-state index contributed by atoms with van der Waals surface area (Å²) >= 11 is 1.40. The van der Waals surface area contributed by atoms with Crippen LogP contribution >= 0.6 is 11.8 Å². The lowest BCUT2D eigenvalue weighted by molar-refractivity contribution is 0.0589. The van der Waals surface area contributed by atoms with Crippen LogP contribution in [0.4, 0.5) is 5.82 Å². The molecule has 1 fully saturated rings. The Labute approximate surface area is 161 Å². The third kappa shape index (κ3) is 3.52. The van der Waals surface area contributed by atoms with Gasteiger partial charge in [0.25, 0.3) is 0 Å². The molecule has 27 heavy (non-hydrogen) atoms. The van der Waals surface area contributed by atoms with Gasteiger partial charge in [0.05, 0.1) is 38.1 Å². The summed E-state index contributed by atoms with van der Waals surface area (Å²) in [6.45, 7) is 1.44. The second kappa shape index (κ2) is 7.61. The third-order valence-corrected chi connectivity index (χ3v) is 5.43. The number of ether oxygens (including phenoxy) is 3. The molecule has 9 heteroatoms. The predicted octanol–water partition coefficient (Wildman–Crippen LogP) is 2.88. The van der Waals surface area contributed by atoms with E-state index >= 15 is 0 Å². The van der Waals surface area contributed by atoms with Gasteiger partial charge in [-0.15, -0.1) is 0 Å². The van der Waals surface area contributed by atoms with Gasteiger partial charge < -0.3 is 24.5 Å². The van der Waals surface area contributed by atoms with Gasteiger partial charge in [-0.05, 0) is 42.8 Å². The molecule has 3 aliphatic rings. The molecule has 1 atom stereocenters. The van der Waals surface area contributed by atoms with E-state index in [0.29, 0.717) is 23.3 Å². The molecule has 1 unspecified atom stereocenters. The van der Waals surface area contributed by atoms with Gasteiger partial charge in [-0.25, -0.2) is 15.0 Å². The molecule has 0 saturated carbocycles. The SMILES string of the molecule is COc1ccc(OC)c(Sc2nc3c(N)ncn(C4CCCOC4)c-3n2)c1. The molecule has 3 heterocycles. The molecule has 4 rings (SSSR count). The van der Waals surface area contributed by atoms with E-state index < -0.39 is 0 Å². The maximum absolute atomic E-state index is 6.05. The van der Waals surface area contributed by atoms with Crippen LogP contribution in [0.5, 0.6) is 11.5 Å². The molecule has 0 amide bonds. The Morgan fingerprint density at radius 2 is 2.15 bits per heavy atom. The van der Waals surface area contributed by atoms with Crippen LogP contribution in [0.2, 0.25) is 0 Å². The van der Waals surface area contributed by atoms with Gasteiger partial charge >= 0.3 is 0 Å². The van der Waals surface area contributed by atoms with E-state index in [-0.39, 0.29) is 6.04 Å². The molecule has 142 valence electrons. The maximum atomic E-state index is 6.05. The number of fused-ring (bicyclic) bond motifs is 1. The molecule has 0 aromatic heterocycles. The van der Waals surface area contributed by atoms with Crippen LogP contribution in [0.3, 0.4) is 0 Å². The van der Waals surface area contributed by atoms with Gasteiger partial charge in [0, 0.05) is 6.61 Å². The van der Waals surface area contributed by atoms with Crippen molar-refractivity contribution in [2.24, 2.45) is 0 Å². The molecule has 0 bridgehead atoms. The van der Waals surface area contributed by atoms with E-state index in [4.69, 9.17) is 24.9 Å². The fourth-order valence-electron chi connectivity index (χ4n) is 3.12. The first kappa shape index (κ1) is 17.9. The van der Waals surface area contributed by atoms with E-state index in [9.17, 15) is 0 Å². The number of methoxy groups -OCH3 is 2. The van der Waals surface area contributed by atoms with E-state index in [1.165, 1.54) is 11.8 Å². The van der Waals surface area contributed by atoms with Crippen LogP contribution in [-0.4, -0.2) is 47.0 Å². The maximum Gasteiger partial charge on any atom is 0.195 e. The molecular weight excluding hydrogens is 366 g/mol. The Hall–Kier alpha value is -2.52. The van der Waals surface area contributed by atoms with Gasteiger partial charge in [-0.3, -0.25) is 0 Å². The quantitative estimate of drug-likeness (QED) is 0.714. The molecule has 0 radical (unpaired) electrons. The van der Waals surface area contributed by atoms with Crippen LogP contribution in [0, 0.1) is 0 Å². The topological polar surface area (TPSA) is 97.3 Å². The second-order valence-electron chi connectivity index (χ2n) is 6.21. The summed E-state index contributed by atoms with van der Waals surface area (Å²) in [6, 6.07) is 5.80. The van der Waals surface area contributed by atoms with Crippen molar-refractivity contribution in [1.82, 2.24) is 19.5 Å². The van der Waals surface area contributed by atoms with E-state index in [0.717, 1.165) is 41.7 Å². The minimum Gasteiger partial charge on any atom is -0.497 e. The van der Waals surface area contributed by atoms with Crippen LogP contribution in [-0.2, 0) is 4.74 Å². The summed E-state index contributed by atoms with van der Waals surface area (Å²) in [5.74, 6) is 2.57. The van der Waals surface area contributed by atoms with Gasteiger partial charge in [0.2, 0.25) is 0 Å². The van der Waals surface area contributed by atoms with Crippen molar-refractivity contribution in [1.29, 1.82) is 0 Å². The predicted molar refractivity (Wildman–Crippen MR) is 102 cm³/mol. The lowest BCUT2D eigenvalue weighted by Crippen LogP contribution is -2.23. The smallest absolute Gasteiger partial charge is 0.195 e. The highest BCUT2D eigenvalue weighted by atomic mass is 32.2.